The van der Waals surface area contributed by atoms with E-state index in [0.717, 1.165) is 4.68 Å². The molecule has 0 aliphatic carbocycles. The molecule has 0 bridgehead atoms. The Morgan fingerprint density at radius 3 is 2.55 bits per heavy atom. The van der Waals surface area contributed by atoms with Gasteiger partial charge in [-0.2, -0.15) is 9.78 Å². The molecular weight excluding hydrogens is 564 g/mol. The first kappa shape index (κ1) is 24.5. The first-order valence-electron chi connectivity index (χ1n) is 9.63. The summed E-state index contributed by atoms with van der Waals surface area (Å²) in [6.45, 7) is 4.96. The highest BCUT2D eigenvalue weighted by Gasteiger charge is 2.25. The van der Waals surface area contributed by atoms with Gasteiger partial charge in [0.25, 0.3) is 5.56 Å². The van der Waals surface area contributed by atoms with E-state index in [1.807, 2.05) is 13.8 Å². The van der Waals surface area contributed by atoms with Gasteiger partial charge in [0, 0.05) is 26.5 Å². The number of rotatable bonds is 7. The van der Waals surface area contributed by atoms with Crippen molar-refractivity contribution < 1.29 is 19.6 Å². The Kier molecular flexibility index (Phi) is 7.28. The molecule has 1 atom stereocenters. The SMILES string of the molecule is CC(C)c1nc2ccc(Br)cc2c(=O)n1N=Cc1cc(Br)cc([N+](=O)[O-])c1O[C@H](C)C(=O)O. The molecule has 0 unspecified atom stereocenters. The molecule has 0 amide bonds. The van der Waals surface area contributed by atoms with Crippen molar-refractivity contribution in [1.82, 2.24) is 9.66 Å². The maximum Gasteiger partial charge on any atom is 0.344 e. The Bertz CT molecular complexity index is 1350. The van der Waals surface area contributed by atoms with Gasteiger partial charge in [0.15, 0.2) is 6.10 Å². The highest BCUT2D eigenvalue weighted by molar-refractivity contribution is 9.10. The summed E-state index contributed by atoms with van der Waals surface area (Å²) in [5.74, 6) is -1.35. The van der Waals surface area contributed by atoms with E-state index in [1.54, 1.807) is 18.2 Å². The summed E-state index contributed by atoms with van der Waals surface area (Å²) >= 11 is 6.55. The molecule has 10 nitrogen and oxygen atoms in total. The second-order valence-electron chi connectivity index (χ2n) is 7.35. The van der Waals surface area contributed by atoms with Gasteiger partial charge in [0.1, 0.15) is 5.82 Å². The van der Waals surface area contributed by atoms with E-state index in [9.17, 15) is 24.8 Å². The summed E-state index contributed by atoms with van der Waals surface area (Å²) in [5, 5.41) is 25.4. The first-order chi connectivity index (χ1) is 15.5. The summed E-state index contributed by atoms with van der Waals surface area (Å²) in [5.41, 5.74) is -0.251. The first-order valence-corrected chi connectivity index (χ1v) is 11.2. The molecule has 3 aromatic rings. The van der Waals surface area contributed by atoms with Crippen molar-refractivity contribution in [2.75, 3.05) is 0 Å². The number of carboxylic acid groups (broad SMARTS) is 1. The van der Waals surface area contributed by atoms with Crippen LogP contribution in [0.25, 0.3) is 10.9 Å². The van der Waals surface area contributed by atoms with E-state index in [4.69, 9.17) is 4.74 Å². The van der Waals surface area contributed by atoms with Crippen molar-refractivity contribution in [3.63, 3.8) is 0 Å². The third-order valence-electron chi connectivity index (χ3n) is 4.56. The Morgan fingerprint density at radius 2 is 1.94 bits per heavy atom. The molecule has 0 fully saturated rings. The number of carboxylic acids is 1. The highest BCUT2D eigenvalue weighted by atomic mass is 79.9. The van der Waals surface area contributed by atoms with E-state index in [0.29, 0.717) is 25.7 Å². The van der Waals surface area contributed by atoms with E-state index < -0.39 is 28.2 Å². The van der Waals surface area contributed by atoms with E-state index >= 15 is 0 Å². The third-order valence-corrected chi connectivity index (χ3v) is 5.52. The predicted molar refractivity (Wildman–Crippen MR) is 129 cm³/mol. The van der Waals surface area contributed by atoms with Crippen LogP contribution in [0.1, 0.15) is 38.1 Å². The Balaban J connectivity index is 2.23. The fourth-order valence-corrected chi connectivity index (χ4v) is 3.78. The van der Waals surface area contributed by atoms with Crippen LogP contribution in [-0.4, -0.2) is 38.0 Å². The van der Waals surface area contributed by atoms with Gasteiger partial charge in [0.2, 0.25) is 5.75 Å². The van der Waals surface area contributed by atoms with E-state index in [-0.39, 0.29) is 17.2 Å². The number of nitrogens with zero attached hydrogens (tertiary/aromatic N) is 4. The molecular formula is C21H18Br2N4O6. The van der Waals surface area contributed by atoms with Crippen LogP contribution < -0.4 is 10.3 Å². The zero-order chi connectivity index (χ0) is 24.4. The highest BCUT2D eigenvalue weighted by Crippen LogP contribution is 2.34. The molecule has 0 spiro atoms. The second-order valence-corrected chi connectivity index (χ2v) is 9.18. The topological polar surface area (TPSA) is 137 Å². The average molecular weight is 582 g/mol. The number of nitro groups is 1. The Labute approximate surface area is 204 Å². The van der Waals surface area contributed by atoms with Gasteiger partial charge in [-0.3, -0.25) is 14.9 Å². The normalized spacial score (nSPS) is 12.4. The maximum absolute atomic E-state index is 13.2. The molecule has 0 saturated carbocycles. The lowest BCUT2D eigenvalue weighted by Crippen LogP contribution is -2.24. The number of halogens is 2. The molecule has 1 N–H and O–H groups in total. The summed E-state index contributed by atoms with van der Waals surface area (Å²) < 4.78 is 7.54. The van der Waals surface area contributed by atoms with Gasteiger partial charge in [-0.05, 0) is 31.2 Å². The molecule has 33 heavy (non-hydrogen) atoms. The molecule has 1 aromatic heterocycles. The number of aliphatic carboxylic acids is 1. The zero-order valence-corrected chi connectivity index (χ0v) is 20.8. The number of benzene rings is 2. The van der Waals surface area contributed by atoms with Gasteiger partial charge in [-0.25, -0.2) is 9.78 Å². The average Bonchev–Trinajstić information content (AvgIpc) is 2.74. The van der Waals surface area contributed by atoms with Gasteiger partial charge in [-0.1, -0.05) is 45.7 Å². The lowest BCUT2D eigenvalue weighted by molar-refractivity contribution is -0.386. The lowest BCUT2D eigenvalue weighted by Gasteiger charge is -2.14. The van der Waals surface area contributed by atoms with Crippen LogP contribution in [0.5, 0.6) is 5.75 Å². The summed E-state index contributed by atoms with van der Waals surface area (Å²) in [6, 6.07) is 7.81. The fourth-order valence-electron chi connectivity index (χ4n) is 2.96. The second kappa shape index (κ2) is 9.79. The number of aromatic nitrogens is 2. The molecule has 3 rings (SSSR count). The van der Waals surface area contributed by atoms with Gasteiger partial charge >= 0.3 is 11.7 Å². The molecule has 12 heteroatoms. The largest absolute Gasteiger partial charge is 0.479 e. The van der Waals surface area contributed by atoms with Gasteiger partial charge in [-0.15, -0.1) is 0 Å². The van der Waals surface area contributed by atoms with Crippen molar-refractivity contribution in [2.45, 2.75) is 32.8 Å². The van der Waals surface area contributed by atoms with Crippen LogP contribution in [0.3, 0.4) is 0 Å². The standard InChI is InChI=1S/C21H18Br2N4O6/c1-10(2)19-25-16-5-4-13(22)7-15(16)20(28)26(19)24-9-12-6-14(23)8-17(27(31)32)18(12)33-11(3)21(29)30/h4-11H,1-3H3,(H,29,30)/t11-/m1/s1. The molecule has 1 heterocycles. The minimum absolute atomic E-state index is 0.111. The zero-order valence-electron chi connectivity index (χ0n) is 17.7. The van der Waals surface area contributed by atoms with Crippen molar-refractivity contribution >= 4 is 60.6 Å². The summed E-state index contributed by atoms with van der Waals surface area (Å²) in [4.78, 5) is 39.9. The fraction of sp³-hybridized carbons (Fsp3) is 0.238. The Hall–Kier alpha value is -3.12. The lowest BCUT2D eigenvalue weighted by atomic mass is 10.1. The summed E-state index contributed by atoms with van der Waals surface area (Å²) in [7, 11) is 0. The van der Waals surface area contributed by atoms with Gasteiger partial charge in [0.05, 0.1) is 22.0 Å². The van der Waals surface area contributed by atoms with Crippen LogP contribution in [0.15, 0.2) is 49.2 Å². The molecule has 0 aliphatic heterocycles. The molecule has 172 valence electrons. The molecule has 0 saturated heterocycles. The van der Waals surface area contributed by atoms with Crippen LogP contribution in [0, 0.1) is 10.1 Å². The number of carbonyl (C=O) groups is 1. The van der Waals surface area contributed by atoms with Gasteiger partial charge < -0.3 is 9.84 Å². The van der Waals surface area contributed by atoms with Crippen molar-refractivity contribution in [1.29, 1.82) is 0 Å². The summed E-state index contributed by atoms with van der Waals surface area (Å²) in [6.07, 6.45) is -0.147. The van der Waals surface area contributed by atoms with Crippen LogP contribution >= 0.6 is 31.9 Å². The monoisotopic (exact) mass is 580 g/mol. The molecule has 2 aromatic carbocycles. The van der Waals surface area contributed by atoms with Crippen molar-refractivity contribution in [2.24, 2.45) is 5.10 Å². The van der Waals surface area contributed by atoms with Crippen molar-refractivity contribution in [3.8, 4) is 5.75 Å². The quantitative estimate of drug-likeness (QED) is 0.243. The smallest absolute Gasteiger partial charge is 0.344 e. The number of hydrogen-bond donors (Lipinski definition) is 1. The van der Waals surface area contributed by atoms with Crippen molar-refractivity contribution in [3.05, 3.63) is 71.1 Å². The number of fused-ring (bicyclic) bond motifs is 1. The van der Waals surface area contributed by atoms with Crippen LogP contribution in [0.2, 0.25) is 0 Å². The number of nitro benzene ring substituents is 1. The van der Waals surface area contributed by atoms with Crippen LogP contribution in [0.4, 0.5) is 5.69 Å². The molecule has 0 radical (unpaired) electrons. The van der Waals surface area contributed by atoms with Crippen LogP contribution in [-0.2, 0) is 4.79 Å². The maximum atomic E-state index is 13.2. The Morgan fingerprint density at radius 1 is 1.24 bits per heavy atom. The molecule has 0 aliphatic rings. The minimum Gasteiger partial charge on any atom is -0.479 e. The number of hydrogen-bond acceptors (Lipinski definition) is 7. The van der Waals surface area contributed by atoms with E-state index in [1.165, 1.54) is 25.3 Å². The van der Waals surface area contributed by atoms with E-state index in [2.05, 4.69) is 41.9 Å². The number of ether oxygens (including phenoxy) is 1. The minimum atomic E-state index is -1.36. The third kappa shape index (κ3) is 5.28. The predicted octanol–water partition coefficient (Wildman–Crippen LogP) is 4.69.